The van der Waals surface area contributed by atoms with Crippen LogP contribution < -0.4 is 5.73 Å². The molecule has 0 radical (unpaired) electrons. The van der Waals surface area contributed by atoms with E-state index in [9.17, 15) is 0 Å². The third kappa shape index (κ3) is 2.57. The van der Waals surface area contributed by atoms with Crippen molar-refractivity contribution in [2.75, 3.05) is 6.61 Å². The number of ether oxygens (including phenoxy) is 1. The molecule has 2 atom stereocenters. The lowest BCUT2D eigenvalue weighted by Crippen LogP contribution is -2.35. The van der Waals surface area contributed by atoms with Gasteiger partial charge < -0.3 is 10.5 Å². The monoisotopic (exact) mass is 275 g/mol. The van der Waals surface area contributed by atoms with Crippen LogP contribution in [0, 0.1) is 0 Å². The van der Waals surface area contributed by atoms with E-state index in [1.165, 1.54) is 4.88 Å². The van der Waals surface area contributed by atoms with Gasteiger partial charge in [-0.3, -0.25) is 0 Å². The fourth-order valence-corrected chi connectivity index (χ4v) is 3.29. The molecule has 78 valence electrons. The largest absolute Gasteiger partial charge is 0.377 e. The highest BCUT2D eigenvalue weighted by Crippen LogP contribution is 2.23. The van der Waals surface area contributed by atoms with Gasteiger partial charge in [-0.05, 0) is 41.3 Å². The van der Waals surface area contributed by atoms with Crippen molar-refractivity contribution in [2.24, 2.45) is 5.73 Å². The second-order valence-electron chi connectivity index (χ2n) is 3.65. The molecule has 1 aromatic heterocycles. The van der Waals surface area contributed by atoms with Gasteiger partial charge in [0.1, 0.15) is 0 Å². The molecule has 0 saturated carbocycles. The molecule has 0 aliphatic carbocycles. The molecule has 2 heterocycles. The maximum Gasteiger partial charge on any atom is 0.0730 e. The fourth-order valence-electron chi connectivity index (χ4n) is 1.76. The third-order valence-corrected chi connectivity index (χ3v) is 4.22. The zero-order valence-electron chi connectivity index (χ0n) is 7.91. The van der Waals surface area contributed by atoms with Crippen molar-refractivity contribution in [1.29, 1.82) is 0 Å². The topological polar surface area (TPSA) is 35.2 Å². The molecule has 2 N–H and O–H groups in total. The van der Waals surface area contributed by atoms with Gasteiger partial charge in [0.15, 0.2) is 0 Å². The quantitative estimate of drug-likeness (QED) is 0.920. The van der Waals surface area contributed by atoms with Crippen LogP contribution in [-0.2, 0) is 11.2 Å². The summed E-state index contributed by atoms with van der Waals surface area (Å²) in [7, 11) is 0. The number of hydrogen-bond donors (Lipinski definition) is 1. The summed E-state index contributed by atoms with van der Waals surface area (Å²) in [6.45, 7) is 0.881. The summed E-state index contributed by atoms with van der Waals surface area (Å²) in [5.74, 6) is 0. The first-order valence-corrected chi connectivity index (χ1v) is 6.53. The summed E-state index contributed by atoms with van der Waals surface area (Å²) in [5, 5.41) is 2.09. The van der Waals surface area contributed by atoms with Gasteiger partial charge in [-0.1, -0.05) is 0 Å². The summed E-state index contributed by atoms with van der Waals surface area (Å²) >= 11 is 5.20. The first-order valence-electron chi connectivity index (χ1n) is 4.86. The van der Waals surface area contributed by atoms with Gasteiger partial charge in [0, 0.05) is 27.4 Å². The van der Waals surface area contributed by atoms with E-state index >= 15 is 0 Å². The highest BCUT2D eigenvalue weighted by atomic mass is 79.9. The molecule has 0 spiro atoms. The normalized spacial score (nSPS) is 24.0. The van der Waals surface area contributed by atoms with Crippen LogP contribution in [-0.4, -0.2) is 18.8 Å². The predicted octanol–water partition coefficient (Wildman–Crippen LogP) is 2.56. The van der Waals surface area contributed by atoms with E-state index in [0.717, 1.165) is 30.3 Å². The minimum absolute atomic E-state index is 0.156. The van der Waals surface area contributed by atoms with Gasteiger partial charge in [0.2, 0.25) is 0 Å². The van der Waals surface area contributed by atoms with Gasteiger partial charge in [-0.25, -0.2) is 0 Å². The summed E-state index contributed by atoms with van der Waals surface area (Å²) in [6, 6.07) is 2.29. The molecule has 1 saturated heterocycles. The fraction of sp³-hybridized carbons (Fsp3) is 0.600. The van der Waals surface area contributed by atoms with Crippen molar-refractivity contribution in [3.05, 3.63) is 20.8 Å². The Kier molecular flexibility index (Phi) is 3.60. The average Bonchev–Trinajstić information content (AvgIpc) is 2.75. The Bertz CT molecular complexity index is 296. The number of hydrogen-bond acceptors (Lipinski definition) is 3. The van der Waals surface area contributed by atoms with E-state index in [1.54, 1.807) is 11.3 Å². The van der Waals surface area contributed by atoms with Crippen molar-refractivity contribution < 1.29 is 4.74 Å². The van der Waals surface area contributed by atoms with Crippen LogP contribution in [0.3, 0.4) is 0 Å². The third-order valence-electron chi connectivity index (χ3n) is 2.50. The van der Waals surface area contributed by atoms with Crippen LogP contribution in [0.15, 0.2) is 15.9 Å². The number of rotatable bonds is 3. The Hall–Kier alpha value is 0.1000. The highest BCUT2D eigenvalue weighted by Gasteiger charge is 2.23. The first-order chi connectivity index (χ1) is 6.75. The van der Waals surface area contributed by atoms with E-state index in [2.05, 4.69) is 27.4 Å². The van der Waals surface area contributed by atoms with Gasteiger partial charge in [0.05, 0.1) is 6.10 Å². The maximum atomic E-state index is 6.09. The Morgan fingerprint density at radius 1 is 1.71 bits per heavy atom. The second-order valence-corrected chi connectivity index (χ2v) is 5.56. The molecule has 1 aliphatic rings. The van der Waals surface area contributed by atoms with Gasteiger partial charge in [-0.2, -0.15) is 0 Å². The lowest BCUT2D eigenvalue weighted by molar-refractivity contribution is 0.0902. The van der Waals surface area contributed by atoms with Crippen LogP contribution in [0.25, 0.3) is 0 Å². The maximum absolute atomic E-state index is 6.09. The Morgan fingerprint density at radius 3 is 3.14 bits per heavy atom. The SMILES string of the molecule is NC(Cc1cc(Br)cs1)C1CCCO1. The zero-order chi connectivity index (χ0) is 9.97. The van der Waals surface area contributed by atoms with E-state index in [-0.39, 0.29) is 12.1 Å². The zero-order valence-corrected chi connectivity index (χ0v) is 10.3. The number of halogens is 1. The van der Waals surface area contributed by atoms with Crippen LogP contribution in [0.2, 0.25) is 0 Å². The molecule has 14 heavy (non-hydrogen) atoms. The van der Waals surface area contributed by atoms with Gasteiger partial charge >= 0.3 is 0 Å². The molecule has 2 unspecified atom stereocenters. The number of thiophene rings is 1. The minimum atomic E-state index is 0.156. The summed E-state index contributed by atoms with van der Waals surface area (Å²) in [4.78, 5) is 1.33. The predicted molar refractivity (Wildman–Crippen MR) is 62.7 cm³/mol. The van der Waals surface area contributed by atoms with Crippen molar-refractivity contribution in [3.63, 3.8) is 0 Å². The van der Waals surface area contributed by atoms with Crippen LogP contribution >= 0.6 is 27.3 Å². The second kappa shape index (κ2) is 4.75. The van der Waals surface area contributed by atoms with Gasteiger partial charge in [0.25, 0.3) is 0 Å². The molecule has 1 fully saturated rings. The minimum Gasteiger partial charge on any atom is -0.377 e. The van der Waals surface area contributed by atoms with Crippen molar-refractivity contribution >= 4 is 27.3 Å². The van der Waals surface area contributed by atoms with E-state index in [0.29, 0.717) is 0 Å². The summed E-state index contributed by atoms with van der Waals surface area (Å²) in [6.07, 6.45) is 3.48. The lowest BCUT2D eigenvalue weighted by atomic mass is 10.1. The molecule has 2 rings (SSSR count). The van der Waals surface area contributed by atoms with Crippen molar-refractivity contribution in [1.82, 2.24) is 0 Å². The Labute approximate surface area is 96.6 Å². The summed E-state index contributed by atoms with van der Waals surface area (Å²) < 4.78 is 6.71. The van der Waals surface area contributed by atoms with Crippen molar-refractivity contribution in [2.45, 2.75) is 31.4 Å². The molecule has 0 bridgehead atoms. The molecule has 2 nitrogen and oxygen atoms in total. The number of nitrogens with two attached hydrogens (primary N) is 1. The summed E-state index contributed by atoms with van der Waals surface area (Å²) in [5.41, 5.74) is 6.09. The molecular formula is C10H14BrNOS. The Morgan fingerprint density at radius 2 is 2.57 bits per heavy atom. The lowest BCUT2D eigenvalue weighted by Gasteiger charge is -2.17. The Balaban J connectivity index is 1.90. The van der Waals surface area contributed by atoms with Crippen LogP contribution in [0.1, 0.15) is 17.7 Å². The van der Waals surface area contributed by atoms with Crippen LogP contribution in [0.5, 0.6) is 0 Å². The smallest absolute Gasteiger partial charge is 0.0730 e. The molecule has 1 aromatic rings. The van der Waals surface area contributed by atoms with Crippen LogP contribution in [0.4, 0.5) is 0 Å². The molecular weight excluding hydrogens is 262 g/mol. The molecule has 4 heteroatoms. The standard InChI is InChI=1S/C10H14BrNOS/c11-7-4-8(14-6-7)5-9(12)10-2-1-3-13-10/h4,6,9-10H,1-3,5,12H2. The van der Waals surface area contributed by atoms with E-state index in [1.807, 2.05) is 0 Å². The average molecular weight is 276 g/mol. The first kappa shape index (κ1) is 10.6. The highest BCUT2D eigenvalue weighted by molar-refractivity contribution is 9.10. The van der Waals surface area contributed by atoms with E-state index < -0.39 is 0 Å². The van der Waals surface area contributed by atoms with Crippen molar-refractivity contribution in [3.8, 4) is 0 Å². The molecule has 1 aliphatic heterocycles. The molecule has 0 amide bonds. The molecule has 0 aromatic carbocycles. The van der Waals surface area contributed by atoms with Gasteiger partial charge in [-0.15, -0.1) is 11.3 Å². The van der Waals surface area contributed by atoms with E-state index in [4.69, 9.17) is 10.5 Å².